The number of ketones is 1. The Morgan fingerprint density at radius 1 is 1.30 bits per heavy atom. The second-order valence-corrected chi connectivity index (χ2v) is 7.15. The van der Waals surface area contributed by atoms with Crippen LogP contribution in [0.2, 0.25) is 0 Å². The van der Waals surface area contributed by atoms with Crippen LogP contribution in [0.15, 0.2) is 11.3 Å². The van der Waals surface area contributed by atoms with E-state index in [1.807, 2.05) is 27.8 Å². The average Bonchev–Trinajstić information content (AvgIpc) is 2.68. The summed E-state index contributed by atoms with van der Waals surface area (Å²) >= 11 is 0. The highest BCUT2D eigenvalue weighted by Crippen LogP contribution is 2.59. The summed E-state index contributed by atoms with van der Waals surface area (Å²) in [7, 11) is 1.82. The van der Waals surface area contributed by atoms with E-state index in [1.165, 1.54) is 0 Å². The molecule has 0 aromatic carbocycles. The van der Waals surface area contributed by atoms with Crippen molar-refractivity contribution in [3.05, 3.63) is 11.3 Å². The number of allylic oxidation sites excluding steroid dienone is 1. The molecule has 0 aromatic rings. The lowest BCUT2D eigenvalue weighted by Gasteiger charge is -2.41. The highest BCUT2D eigenvalue weighted by Gasteiger charge is 2.63. The standard InChI is InChI=1S/C16H23NO3/c1-8(2)11-12-10-6-5-9(7-17(4)15(12)20)16(10,3)14(19)13(11)18/h8-10,12,18H,5-7H2,1-4H3/t9-,10+,12-,16+/m1/s1. The molecule has 4 nitrogen and oxygen atoms in total. The number of aliphatic hydroxyl groups is 1. The highest BCUT2D eigenvalue weighted by atomic mass is 16.3. The predicted octanol–water partition coefficient (Wildman–Crippen LogP) is 2.16. The number of hydrogen-bond acceptors (Lipinski definition) is 3. The lowest BCUT2D eigenvalue weighted by Crippen LogP contribution is -2.47. The Bertz CT molecular complexity index is 522. The summed E-state index contributed by atoms with van der Waals surface area (Å²) < 4.78 is 0. The van der Waals surface area contributed by atoms with Crippen molar-refractivity contribution in [1.29, 1.82) is 0 Å². The quantitative estimate of drug-likeness (QED) is 0.799. The molecule has 2 fully saturated rings. The van der Waals surface area contributed by atoms with E-state index < -0.39 is 5.41 Å². The fourth-order valence-corrected chi connectivity index (χ4v) is 4.78. The summed E-state index contributed by atoms with van der Waals surface area (Å²) in [6, 6.07) is 0. The molecule has 3 aliphatic rings. The number of amides is 1. The number of likely N-dealkylation sites (tertiary alicyclic amines) is 1. The van der Waals surface area contributed by atoms with Crippen LogP contribution in [-0.2, 0) is 9.59 Å². The Hall–Kier alpha value is -1.32. The SMILES string of the molecule is CC(C)C1=C(O)C(=O)[C@@]2(C)[C@@H]3CC[C@H]2[C@H]1C(=O)N(C)C3. The summed E-state index contributed by atoms with van der Waals surface area (Å²) in [6.45, 7) is 6.50. The van der Waals surface area contributed by atoms with Crippen molar-refractivity contribution in [3.63, 3.8) is 0 Å². The lowest BCUT2D eigenvalue weighted by atomic mass is 9.59. The summed E-state index contributed by atoms with van der Waals surface area (Å²) in [5.74, 6) is -0.239. The number of rotatable bonds is 1. The molecule has 3 rings (SSSR count). The molecule has 0 unspecified atom stereocenters. The summed E-state index contributed by atoms with van der Waals surface area (Å²) in [5.41, 5.74) is 0.102. The predicted molar refractivity (Wildman–Crippen MR) is 74.9 cm³/mol. The van der Waals surface area contributed by atoms with Crippen LogP contribution < -0.4 is 0 Å². The largest absolute Gasteiger partial charge is 0.504 e. The summed E-state index contributed by atoms with van der Waals surface area (Å²) in [5, 5.41) is 10.4. The fraction of sp³-hybridized carbons (Fsp3) is 0.750. The van der Waals surface area contributed by atoms with E-state index >= 15 is 0 Å². The van der Waals surface area contributed by atoms with Crippen LogP contribution in [0, 0.1) is 29.1 Å². The van der Waals surface area contributed by atoms with Crippen LogP contribution in [0.25, 0.3) is 0 Å². The highest BCUT2D eigenvalue weighted by molar-refractivity contribution is 6.03. The van der Waals surface area contributed by atoms with Gasteiger partial charge in [0.05, 0.1) is 5.92 Å². The number of nitrogens with zero attached hydrogens (tertiary/aromatic N) is 1. The molecular weight excluding hydrogens is 254 g/mol. The molecule has 4 heteroatoms. The zero-order valence-corrected chi connectivity index (χ0v) is 12.6. The van der Waals surface area contributed by atoms with Crippen molar-refractivity contribution in [3.8, 4) is 0 Å². The minimum atomic E-state index is -0.562. The molecule has 110 valence electrons. The normalized spacial score (nSPS) is 40.6. The minimum Gasteiger partial charge on any atom is -0.504 e. The maximum Gasteiger partial charge on any atom is 0.230 e. The molecule has 1 aliphatic heterocycles. The summed E-state index contributed by atoms with van der Waals surface area (Å²) in [4.78, 5) is 27.3. The molecule has 20 heavy (non-hydrogen) atoms. The number of Topliss-reactive ketones (excluding diaryl/α,β-unsaturated/α-hetero) is 1. The van der Waals surface area contributed by atoms with Crippen LogP contribution in [0.3, 0.4) is 0 Å². The van der Waals surface area contributed by atoms with Gasteiger partial charge in [-0.25, -0.2) is 0 Å². The van der Waals surface area contributed by atoms with Gasteiger partial charge < -0.3 is 10.0 Å². The van der Waals surface area contributed by atoms with Crippen molar-refractivity contribution >= 4 is 11.7 Å². The van der Waals surface area contributed by atoms with E-state index in [-0.39, 0.29) is 41.1 Å². The third-order valence-electron chi connectivity index (χ3n) is 5.92. The fourth-order valence-electron chi connectivity index (χ4n) is 4.78. The number of carbonyl (C=O) groups is 2. The Kier molecular flexibility index (Phi) is 2.79. The zero-order valence-electron chi connectivity index (χ0n) is 12.6. The Labute approximate surface area is 119 Å². The molecule has 0 spiro atoms. The van der Waals surface area contributed by atoms with Crippen LogP contribution >= 0.6 is 0 Å². The van der Waals surface area contributed by atoms with Gasteiger partial charge in [-0.3, -0.25) is 9.59 Å². The molecule has 0 radical (unpaired) electrons. The van der Waals surface area contributed by atoms with Crippen molar-refractivity contribution in [2.24, 2.45) is 29.1 Å². The van der Waals surface area contributed by atoms with Crippen molar-refractivity contribution in [1.82, 2.24) is 4.90 Å². The minimum absolute atomic E-state index is 0.0167. The van der Waals surface area contributed by atoms with E-state index in [0.29, 0.717) is 12.1 Å². The molecule has 1 heterocycles. The Morgan fingerprint density at radius 2 is 1.95 bits per heavy atom. The number of hydrogen-bond donors (Lipinski definition) is 1. The zero-order chi connectivity index (χ0) is 14.8. The third kappa shape index (κ3) is 1.42. The van der Waals surface area contributed by atoms with Gasteiger partial charge in [-0.15, -0.1) is 0 Å². The molecule has 1 amide bonds. The van der Waals surface area contributed by atoms with E-state index in [9.17, 15) is 14.7 Å². The first kappa shape index (κ1) is 13.7. The van der Waals surface area contributed by atoms with Crippen LogP contribution in [-0.4, -0.2) is 35.3 Å². The molecule has 1 N–H and O–H groups in total. The van der Waals surface area contributed by atoms with Gasteiger partial charge in [-0.1, -0.05) is 20.8 Å². The monoisotopic (exact) mass is 277 g/mol. The summed E-state index contributed by atoms with van der Waals surface area (Å²) in [6.07, 6.45) is 1.89. The topological polar surface area (TPSA) is 57.6 Å². The second kappa shape index (κ2) is 4.09. The maximum atomic E-state index is 12.8. The first-order valence-corrected chi connectivity index (χ1v) is 7.53. The van der Waals surface area contributed by atoms with Gasteiger partial charge in [0.2, 0.25) is 11.7 Å². The van der Waals surface area contributed by atoms with Gasteiger partial charge in [0, 0.05) is 19.0 Å². The Morgan fingerprint density at radius 3 is 2.55 bits per heavy atom. The molecule has 2 aliphatic carbocycles. The van der Waals surface area contributed by atoms with Gasteiger partial charge in [0.25, 0.3) is 0 Å². The van der Waals surface area contributed by atoms with E-state index in [2.05, 4.69) is 0 Å². The molecule has 0 aromatic heterocycles. The van der Waals surface area contributed by atoms with Crippen LogP contribution in [0.1, 0.15) is 33.6 Å². The Balaban J connectivity index is 2.25. The van der Waals surface area contributed by atoms with E-state index in [1.54, 1.807) is 4.90 Å². The van der Waals surface area contributed by atoms with E-state index in [0.717, 1.165) is 12.8 Å². The van der Waals surface area contributed by atoms with Gasteiger partial charge in [-0.05, 0) is 36.2 Å². The van der Waals surface area contributed by atoms with E-state index in [4.69, 9.17) is 0 Å². The van der Waals surface area contributed by atoms with Crippen molar-refractivity contribution in [2.45, 2.75) is 33.6 Å². The van der Waals surface area contributed by atoms with Crippen molar-refractivity contribution < 1.29 is 14.7 Å². The molecular formula is C16H23NO3. The maximum absolute atomic E-state index is 12.8. The van der Waals surface area contributed by atoms with Gasteiger partial charge in [0.1, 0.15) is 0 Å². The first-order chi connectivity index (χ1) is 9.30. The van der Waals surface area contributed by atoms with Gasteiger partial charge >= 0.3 is 0 Å². The molecule has 1 saturated heterocycles. The van der Waals surface area contributed by atoms with Crippen LogP contribution in [0.4, 0.5) is 0 Å². The number of carbonyl (C=O) groups excluding carboxylic acids is 2. The number of aliphatic hydroxyl groups excluding tert-OH is 1. The second-order valence-electron chi connectivity index (χ2n) is 7.15. The lowest BCUT2D eigenvalue weighted by molar-refractivity contribution is -0.137. The smallest absolute Gasteiger partial charge is 0.230 e. The average molecular weight is 277 g/mol. The van der Waals surface area contributed by atoms with Gasteiger partial charge in [-0.2, -0.15) is 0 Å². The third-order valence-corrected chi connectivity index (χ3v) is 5.92. The van der Waals surface area contributed by atoms with Crippen LogP contribution in [0.5, 0.6) is 0 Å². The molecule has 4 atom stereocenters. The molecule has 1 saturated carbocycles. The first-order valence-electron chi connectivity index (χ1n) is 7.53. The molecule has 4 bridgehead atoms. The van der Waals surface area contributed by atoms with Crippen molar-refractivity contribution in [2.75, 3.05) is 13.6 Å². The van der Waals surface area contributed by atoms with Gasteiger partial charge in [0.15, 0.2) is 5.76 Å².